The second-order valence-electron chi connectivity index (χ2n) is 5.37. The largest absolute Gasteiger partial charge is 0.355 e. The fourth-order valence-corrected chi connectivity index (χ4v) is 3.68. The number of hydrogen-bond acceptors (Lipinski definition) is 3. The van der Waals surface area contributed by atoms with E-state index < -0.39 is 0 Å². The predicted octanol–water partition coefficient (Wildman–Crippen LogP) is 1.25. The summed E-state index contributed by atoms with van der Waals surface area (Å²) in [6.07, 6.45) is 3.51. The first-order valence-electron chi connectivity index (χ1n) is 6.26. The standard InChI is InChI=1S/C12H22N2OS/c1-12(4-2-5-13-8-12)9-14-11(15)10-3-6-16-7-10/h10,13H,2-9H2,1H3,(H,14,15). The van der Waals surface area contributed by atoms with Gasteiger partial charge in [-0.2, -0.15) is 11.8 Å². The number of hydrogen-bond donors (Lipinski definition) is 2. The molecule has 2 unspecified atom stereocenters. The van der Waals surface area contributed by atoms with Gasteiger partial charge in [-0.1, -0.05) is 6.92 Å². The fraction of sp³-hybridized carbons (Fsp3) is 0.917. The maximum atomic E-state index is 11.9. The Kier molecular flexibility index (Phi) is 4.14. The van der Waals surface area contributed by atoms with Gasteiger partial charge in [0.05, 0.1) is 0 Å². The monoisotopic (exact) mass is 242 g/mol. The van der Waals surface area contributed by atoms with Crippen LogP contribution < -0.4 is 10.6 Å². The third-order valence-corrected chi connectivity index (χ3v) is 4.84. The molecule has 0 aromatic heterocycles. The van der Waals surface area contributed by atoms with Crippen molar-refractivity contribution in [2.45, 2.75) is 26.2 Å². The van der Waals surface area contributed by atoms with Crippen LogP contribution >= 0.6 is 11.8 Å². The number of nitrogens with one attached hydrogen (secondary N) is 2. The van der Waals surface area contributed by atoms with Crippen LogP contribution in [0.15, 0.2) is 0 Å². The summed E-state index contributed by atoms with van der Waals surface area (Å²) in [5.41, 5.74) is 0.264. The number of thioether (sulfide) groups is 1. The molecule has 2 N–H and O–H groups in total. The van der Waals surface area contributed by atoms with Crippen LogP contribution in [0.25, 0.3) is 0 Å². The Bertz CT molecular complexity index is 245. The Labute approximate surface area is 102 Å². The molecule has 3 nitrogen and oxygen atoms in total. The maximum absolute atomic E-state index is 11.9. The molecule has 2 aliphatic rings. The molecule has 2 rings (SSSR count). The van der Waals surface area contributed by atoms with E-state index in [4.69, 9.17) is 0 Å². The van der Waals surface area contributed by atoms with Crippen molar-refractivity contribution in [2.24, 2.45) is 11.3 Å². The predicted molar refractivity (Wildman–Crippen MR) is 68.7 cm³/mol. The molecular formula is C12H22N2OS. The van der Waals surface area contributed by atoms with Gasteiger partial charge >= 0.3 is 0 Å². The van der Waals surface area contributed by atoms with Gasteiger partial charge in [-0.25, -0.2) is 0 Å². The zero-order valence-corrected chi connectivity index (χ0v) is 10.9. The lowest BCUT2D eigenvalue weighted by atomic mass is 9.82. The highest BCUT2D eigenvalue weighted by Crippen LogP contribution is 2.26. The van der Waals surface area contributed by atoms with E-state index in [2.05, 4.69) is 17.6 Å². The first kappa shape index (κ1) is 12.2. The second kappa shape index (κ2) is 5.41. The molecule has 2 atom stereocenters. The van der Waals surface area contributed by atoms with Gasteiger partial charge in [-0.3, -0.25) is 4.79 Å². The van der Waals surface area contributed by atoms with Crippen molar-refractivity contribution in [3.8, 4) is 0 Å². The number of carbonyl (C=O) groups is 1. The van der Waals surface area contributed by atoms with Crippen LogP contribution in [0.1, 0.15) is 26.2 Å². The van der Waals surface area contributed by atoms with Gasteiger partial charge in [0.2, 0.25) is 5.91 Å². The quantitative estimate of drug-likeness (QED) is 0.782. The van der Waals surface area contributed by atoms with Crippen LogP contribution in [0, 0.1) is 11.3 Å². The topological polar surface area (TPSA) is 41.1 Å². The van der Waals surface area contributed by atoms with Crippen molar-refractivity contribution in [1.29, 1.82) is 0 Å². The average Bonchev–Trinajstić information content (AvgIpc) is 2.80. The van der Waals surface area contributed by atoms with E-state index in [-0.39, 0.29) is 17.2 Å². The second-order valence-corrected chi connectivity index (χ2v) is 6.52. The van der Waals surface area contributed by atoms with Gasteiger partial charge in [0, 0.05) is 24.8 Å². The summed E-state index contributed by atoms with van der Waals surface area (Å²) in [6.45, 7) is 5.26. The maximum Gasteiger partial charge on any atom is 0.223 e. The number of rotatable bonds is 3. The molecule has 0 radical (unpaired) electrons. The molecule has 16 heavy (non-hydrogen) atoms. The molecule has 0 aliphatic carbocycles. The minimum absolute atomic E-state index is 0.264. The Morgan fingerprint density at radius 1 is 1.62 bits per heavy atom. The zero-order valence-electron chi connectivity index (χ0n) is 10.1. The molecule has 2 heterocycles. The lowest BCUT2D eigenvalue weighted by Crippen LogP contribution is -2.46. The van der Waals surface area contributed by atoms with Crippen molar-refractivity contribution in [2.75, 3.05) is 31.1 Å². The number of amides is 1. The average molecular weight is 242 g/mol. The van der Waals surface area contributed by atoms with Crippen molar-refractivity contribution >= 4 is 17.7 Å². The summed E-state index contributed by atoms with van der Waals surface area (Å²) in [4.78, 5) is 11.9. The minimum atomic E-state index is 0.264. The van der Waals surface area contributed by atoms with Gasteiger partial charge in [0.15, 0.2) is 0 Å². The molecule has 0 aromatic rings. The van der Waals surface area contributed by atoms with Gasteiger partial charge < -0.3 is 10.6 Å². The van der Waals surface area contributed by atoms with E-state index in [0.717, 1.165) is 37.6 Å². The van der Waals surface area contributed by atoms with Crippen LogP contribution in [-0.4, -0.2) is 37.0 Å². The highest BCUT2D eigenvalue weighted by Gasteiger charge is 2.29. The third kappa shape index (κ3) is 3.14. The van der Waals surface area contributed by atoms with Gasteiger partial charge in [0.25, 0.3) is 0 Å². The third-order valence-electron chi connectivity index (χ3n) is 3.68. The van der Waals surface area contributed by atoms with Crippen molar-refractivity contribution in [3.05, 3.63) is 0 Å². The van der Waals surface area contributed by atoms with Crippen molar-refractivity contribution in [3.63, 3.8) is 0 Å². The Balaban J connectivity index is 1.75. The first-order valence-corrected chi connectivity index (χ1v) is 7.41. The molecule has 4 heteroatoms. The molecule has 2 saturated heterocycles. The van der Waals surface area contributed by atoms with E-state index >= 15 is 0 Å². The van der Waals surface area contributed by atoms with Crippen LogP contribution in [0.4, 0.5) is 0 Å². The summed E-state index contributed by atoms with van der Waals surface area (Å²) in [6, 6.07) is 0. The minimum Gasteiger partial charge on any atom is -0.355 e. The lowest BCUT2D eigenvalue weighted by Gasteiger charge is -2.34. The van der Waals surface area contributed by atoms with Crippen LogP contribution in [0.3, 0.4) is 0 Å². The lowest BCUT2D eigenvalue weighted by molar-refractivity contribution is -0.124. The van der Waals surface area contributed by atoms with E-state index in [9.17, 15) is 4.79 Å². The fourth-order valence-electron chi connectivity index (χ4n) is 2.46. The van der Waals surface area contributed by atoms with Crippen LogP contribution in [0.5, 0.6) is 0 Å². The van der Waals surface area contributed by atoms with Crippen molar-refractivity contribution < 1.29 is 4.79 Å². The summed E-state index contributed by atoms with van der Waals surface area (Å²) >= 11 is 1.90. The van der Waals surface area contributed by atoms with Gasteiger partial charge in [-0.05, 0) is 37.0 Å². The zero-order chi connectivity index (χ0) is 11.4. The van der Waals surface area contributed by atoms with Gasteiger partial charge in [-0.15, -0.1) is 0 Å². The molecule has 0 bridgehead atoms. The molecule has 92 valence electrons. The van der Waals surface area contributed by atoms with Crippen molar-refractivity contribution in [1.82, 2.24) is 10.6 Å². The SMILES string of the molecule is CC1(CNC(=O)C2CCSC2)CCCNC1. The molecule has 2 aliphatic heterocycles. The summed E-state index contributed by atoms with van der Waals surface area (Å²) in [5.74, 6) is 2.71. The number of piperidine rings is 1. The summed E-state index contributed by atoms with van der Waals surface area (Å²) in [7, 11) is 0. The summed E-state index contributed by atoms with van der Waals surface area (Å²) < 4.78 is 0. The highest BCUT2D eigenvalue weighted by molar-refractivity contribution is 7.99. The van der Waals surface area contributed by atoms with E-state index in [1.54, 1.807) is 0 Å². The van der Waals surface area contributed by atoms with E-state index in [1.165, 1.54) is 12.8 Å². The Morgan fingerprint density at radius 2 is 2.50 bits per heavy atom. The molecule has 0 aromatic carbocycles. The Morgan fingerprint density at radius 3 is 3.12 bits per heavy atom. The van der Waals surface area contributed by atoms with Crippen LogP contribution in [0.2, 0.25) is 0 Å². The molecule has 1 amide bonds. The molecule has 0 spiro atoms. The van der Waals surface area contributed by atoms with Crippen LogP contribution in [-0.2, 0) is 4.79 Å². The van der Waals surface area contributed by atoms with E-state index in [1.807, 2.05) is 11.8 Å². The first-order chi connectivity index (χ1) is 7.70. The number of carbonyl (C=O) groups excluding carboxylic acids is 1. The molecule has 2 fully saturated rings. The summed E-state index contributed by atoms with van der Waals surface area (Å²) in [5, 5.41) is 6.56. The van der Waals surface area contributed by atoms with Gasteiger partial charge in [0.1, 0.15) is 0 Å². The Hall–Kier alpha value is -0.220. The smallest absolute Gasteiger partial charge is 0.223 e. The van der Waals surface area contributed by atoms with E-state index in [0.29, 0.717) is 0 Å². The molecule has 0 saturated carbocycles. The molecular weight excluding hydrogens is 220 g/mol. The normalized spacial score (nSPS) is 34.9. The highest BCUT2D eigenvalue weighted by atomic mass is 32.2.